The van der Waals surface area contributed by atoms with Crippen molar-refractivity contribution in [1.82, 2.24) is 4.98 Å². The maximum atomic E-state index is 13.2. The van der Waals surface area contributed by atoms with Gasteiger partial charge in [-0.05, 0) is 30.0 Å². The predicted molar refractivity (Wildman–Crippen MR) is 106 cm³/mol. The van der Waals surface area contributed by atoms with E-state index in [4.69, 9.17) is 9.47 Å². The average Bonchev–Trinajstić information content (AvgIpc) is 3.15. The van der Waals surface area contributed by atoms with Crippen molar-refractivity contribution < 1.29 is 27.5 Å². The van der Waals surface area contributed by atoms with Gasteiger partial charge in [-0.1, -0.05) is 24.3 Å². The summed E-state index contributed by atoms with van der Waals surface area (Å²) in [7, 11) is -1.38. The summed E-state index contributed by atoms with van der Waals surface area (Å²) >= 11 is 0. The normalized spacial score (nSPS) is 14.2. The van der Waals surface area contributed by atoms with Crippen LogP contribution in [0.4, 0.5) is 5.69 Å². The van der Waals surface area contributed by atoms with E-state index < -0.39 is 22.0 Å². The van der Waals surface area contributed by atoms with Gasteiger partial charge < -0.3 is 14.5 Å². The number of esters is 2. The van der Waals surface area contributed by atoms with Gasteiger partial charge in [-0.2, -0.15) is 0 Å². The summed E-state index contributed by atoms with van der Waals surface area (Å²) in [6, 6.07) is 10.4. The Morgan fingerprint density at radius 1 is 1.03 bits per heavy atom. The Bertz CT molecular complexity index is 1270. The summed E-state index contributed by atoms with van der Waals surface area (Å²) in [5.41, 5.74) is 1.30. The van der Waals surface area contributed by atoms with Crippen LogP contribution in [0.25, 0.3) is 10.8 Å². The summed E-state index contributed by atoms with van der Waals surface area (Å²) in [5.74, 6) is -1.33. The minimum Gasteiger partial charge on any atom is -0.465 e. The van der Waals surface area contributed by atoms with E-state index in [1.54, 1.807) is 31.2 Å². The van der Waals surface area contributed by atoms with Crippen molar-refractivity contribution in [2.75, 3.05) is 18.5 Å². The number of methoxy groups -OCH3 is 2. The fourth-order valence-electron chi connectivity index (χ4n) is 3.73. The highest BCUT2D eigenvalue weighted by molar-refractivity contribution is 7.93. The maximum absolute atomic E-state index is 13.2. The van der Waals surface area contributed by atoms with Crippen LogP contribution in [-0.4, -0.2) is 39.6 Å². The molecular formula is C20H18N2O6S. The van der Waals surface area contributed by atoms with E-state index in [0.717, 1.165) is 5.39 Å². The zero-order valence-corrected chi connectivity index (χ0v) is 16.8. The zero-order valence-electron chi connectivity index (χ0n) is 16.0. The molecule has 0 spiro atoms. The molecular weight excluding hydrogens is 396 g/mol. The van der Waals surface area contributed by atoms with Gasteiger partial charge in [-0.15, -0.1) is 0 Å². The topological polar surface area (TPSA) is 106 Å². The highest BCUT2D eigenvalue weighted by Gasteiger charge is 2.37. The van der Waals surface area contributed by atoms with Crippen LogP contribution in [0.1, 0.15) is 32.1 Å². The molecule has 1 aromatic heterocycles. The second-order valence-electron chi connectivity index (χ2n) is 6.60. The average molecular weight is 414 g/mol. The van der Waals surface area contributed by atoms with Gasteiger partial charge in [0, 0.05) is 5.39 Å². The minimum atomic E-state index is -3.83. The lowest BCUT2D eigenvalue weighted by Crippen LogP contribution is -2.27. The SMILES string of the molecule is COC(=O)c1[nH]c(CN2c3cccc4cccc(c34)S2(=O)=O)c(C(=O)OC)c1C. The van der Waals surface area contributed by atoms with Crippen LogP contribution in [-0.2, 0) is 26.0 Å². The van der Waals surface area contributed by atoms with Crippen LogP contribution in [0.2, 0.25) is 0 Å². The number of carbonyl (C=O) groups is 2. The lowest BCUT2D eigenvalue weighted by Gasteiger charge is -2.19. The van der Waals surface area contributed by atoms with Crippen LogP contribution in [0, 0.1) is 6.92 Å². The number of anilines is 1. The first-order chi connectivity index (χ1) is 13.8. The van der Waals surface area contributed by atoms with Crippen molar-refractivity contribution in [2.24, 2.45) is 0 Å². The summed E-state index contributed by atoms with van der Waals surface area (Å²) in [6.45, 7) is 1.41. The van der Waals surface area contributed by atoms with Gasteiger partial charge in [0.25, 0.3) is 10.0 Å². The Labute approximate surface area is 167 Å². The number of aromatic nitrogens is 1. The number of nitrogens with zero attached hydrogens (tertiary/aromatic N) is 1. The molecule has 0 radical (unpaired) electrons. The molecule has 29 heavy (non-hydrogen) atoms. The zero-order chi connectivity index (χ0) is 20.9. The number of nitrogens with one attached hydrogen (secondary N) is 1. The highest BCUT2D eigenvalue weighted by atomic mass is 32.2. The first-order valence-corrected chi connectivity index (χ1v) is 10.2. The minimum absolute atomic E-state index is 0.0789. The van der Waals surface area contributed by atoms with Crippen molar-refractivity contribution in [3.63, 3.8) is 0 Å². The van der Waals surface area contributed by atoms with Gasteiger partial charge in [0.05, 0.1) is 42.6 Å². The Morgan fingerprint density at radius 3 is 2.34 bits per heavy atom. The van der Waals surface area contributed by atoms with Gasteiger partial charge >= 0.3 is 11.9 Å². The van der Waals surface area contributed by atoms with E-state index in [0.29, 0.717) is 16.6 Å². The molecule has 0 saturated heterocycles. The number of carbonyl (C=O) groups excluding carboxylic acids is 2. The molecule has 0 aliphatic carbocycles. The number of aromatic amines is 1. The lowest BCUT2D eigenvalue weighted by atomic mass is 10.1. The fraction of sp³-hybridized carbons (Fsp3) is 0.200. The molecule has 2 aromatic carbocycles. The molecule has 0 bridgehead atoms. The number of H-pyrrole nitrogens is 1. The third-order valence-corrected chi connectivity index (χ3v) is 6.89. The largest absolute Gasteiger partial charge is 0.465 e. The van der Waals surface area contributed by atoms with E-state index in [2.05, 4.69) is 4.98 Å². The molecule has 0 saturated carbocycles. The van der Waals surface area contributed by atoms with E-state index in [1.807, 2.05) is 12.1 Å². The van der Waals surface area contributed by atoms with E-state index in [-0.39, 0.29) is 28.4 Å². The molecule has 0 fully saturated rings. The van der Waals surface area contributed by atoms with Crippen molar-refractivity contribution in [1.29, 1.82) is 0 Å². The number of hydrogen-bond donors (Lipinski definition) is 1. The Kier molecular flexibility index (Phi) is 4.34. The number of ether oxygens (including phenoxy) is 2. The van der Waals surface area contributed by atoms with Crippen molar-refractivity contribution in [3.05, 3.63) is 58.9 Å². The van der Waals surface area contributed by atoms with Crippen molar-refractivity contribution in [2.45, 2.75) is 18.4 Å². The van der Waals surface area contributed by atoms with Gasteiger partial charge in [-0.25, -0.2) is 18.0 Å². The Balaban J connectivity index is 1.88. The van der Waals surface area contributed by atoms with Crippen molar-refractivity contribution >= 4 is 38.4 Å². The molecule has 8 nitrogen and oxygen atoms in total. The first-order valence-electron chi connectivity index (χ1n) is 8.73. The standard InChI is InChI=1S/C20H18N2O6S/c1-11-16(19(23)27-2)13(21-18(11)20(24)28-3)10-22-14-8-4-6-12-7-5-9-15(17(12)14)29(22,25)26/h4-9,21H,10H2,1-3H3. The lowest BCUT2D eigenvalue weighted by molar-refractivity contribution is 0.0592. The number of hydrogen-bond acceptors (Lipinski definition) is 6. The molecule has 1 aliphatic heterocycles. The third-order valence-electron chi connectivity index (χ3n) is 5.09. The number of benzene rings is 2. The number of rotatable bonds is 4. The highest BCUT2D eigenvalue weighted by Crippen LogP contribution is 2.43. The van der Waals surface area contributed by atoms with Gasteiger partial charge in [-0.3, -0.25) is 4.31 Å². The molecule has 3 aromatic rings. The third kappa shape index (κ3) is 2.69. The van der Waals surface area contributed by atoms with Crippen LogP contribution in [0.5, 0.6) is 0 Å². The van der Waals surface area contributed by atoms with E-state index in [9.17, 15) is 18.0 Å². The summed E-state index contributed by atoms with van der Waals surface area (Å²) in [4.78, 5) is 27.5. The fourth-order valence-corrected chi connectivity index (χ4v) is 5.41. The van der Waals surface area contributed by atoms with Crippen LogP contribution in [0.3, 0.4) is 0 Å². The molecule has 4 rings (SSSR count). The molecule has 9 heteroatoms. The summed E-state index contributed by atoms with van der Waals surface area (Å²) in [6.07, 6.45) is 0. The van der Waals surface area contributed by atoms with Gasteiger partial charge in [0.1, 0.15) is 5.69 Å². The van der Waals surface area contributed by atoms with E-state index >= 15 is 0 Å². The maximum Gasteiger partial charge on any atom is 0.354 e. The molecule has 150 valence electrons. The molecule has 1 aliphatic rings. The molecule has 0 amide bonds. The summed E-state index contributed by atoms with van der Waals surface area (Å²) < 4.78 is 37.2. The van der Waals surface area contributed by atoms with Gasteiger partial charge in [0.15, 0.2) is 0 Å². The quantitative estimate of drug-likeness (QED) is 0.658. The second kappa shape index (κ2) is 6.63. The van der Waals surface area contributed by atoms with Crippen LogP contribution >= 0.6 is 0 Å². The van der Waals surface area contributed by atoms with Crippen LogP contribution < -0.4 is 4.31 Å². The first kappa shape index (κ1) is 19.0. The Hall–Kier alpha value is -3.33. The number of sulfonamides is 1. The smallest absolute Gasteiger partial charge is 0.354 e. The molecule has 2 heterocycles. The van der Waals surface area contributed by atoms with E-state index in [1.165, 1.54) is 18.5 Å². The summed E-state index contributed by atoms with van der Waals surface area (Å²) in [5, 5.41) is 1.43. The van der Waals surface area contributed by atoms with Crippen molar-refractivity contribution in [3.8, 4) is 0 Å². The monoisotopic (exact) mass is 414 g/mol. The Morgan fingerprint density at radius 2 is 1.69 bits per heavy atom. The predicted octanol–water partition coefficient (Wildman–Crippen LogP) is 2.76. The molecule has 1 N–H and O–H groups in total. The molecule has 0 unspecified atom stereocenters. The molecule has 0 atom stereocenters. The van der Waals surface area contributed by atoms with Crippen LogP contribution in [0.15, 0.2) is 41.3 Å². The van der Waals surface area contributed by atoms with Gasteiger partial charge in [0.2, 0.25) is 0 Å². The second-order valence-corrected chi connectivity index (χ2v) is 8.44.